The summed E-state index contributed by atoms with van der Waals surface area (Å²) in [6.07, 6.45) is 3.18. The van der Waals surface area contributed by atoms with Crippen LogP contribution in [-0.4, -0.2) is 10.2 Å². The minimum Gasteiger partial charge on any atom is -0.271 e. The number of nitrogens with one attached hydrogen (secondary N) is 1. The zero-order valence-electron chi connectivity index (χ0n) is 9.39. The Bertz CT molecular complexity index is 501. The summed E-state index contributed by atoms with van der Waals surface area (Å²) in [5, 5.41) is 7.49. The highest BCUT2D eigenvalue weighted by Gasteiger charge is 2.15. The molecule has 88 valence electrons. The van der Waals surface area contributed by atoms with Crippen molar-refractivity contribution in [2.75, 3.05) is 0 Å². The molecule has 2 aromatic rings. The van der Waals surface area contributed by atoms with Crippen molar-refractivity contribution in [1.82, 2.24) is 15.6 Å². The topological polar surface area (TPSA) is 63.8 Å². The largest absolute Gasteiger partial charge is 0.271 e. The molecule has 17 heavy (non-hydrogen) atoms. The summed E-state index contributed by atoms with van der Waals surface area (Å²) >= 11 is 0. The van der Waals surface area contributed by atoms with E-state index in [2.05, 4.69) is 15.6 Å². The van der Waals surface area contributed by atoms with Crippen LogP contribution >= 0.6 is 0 Å². The van der Waals surface area contributed by atoms with E-state index in [1.807, 2.05) is 6.92 Å². The van der Waals surface area contributed by atoms with Gasteiger partial charge in [0.15, 0.2) is 0 Å². The second-order valence-electron chi connectivity index (χ2n) is 3.78. The van der Waals surface area contributed by atoms with E-state index in [1.165, 1.54) is 12.1 Å². The summed E-state index contributed by atoms with van der Waals surface area (Å²) in [7, 11) is 0. The van der Waals surface area contributed by atoms with E-state index in [0.717, 1.165) is 16.7 Å². The molecule has 1 heterocycles. The fourth-order valence-corrected chi connectivity index (χ4v) is 1.76. The highest BCUT2D eigenvalue weighted by molar-refractivity contribution is 5.35. The molecular formula is C12H13FN4. The number of nitrogens with two attached hydrogens (primary N) is 1. The molecule has 0 saturated heterocycles. The van der Waals surface area contributed by atoms with Crippen molar-refractivity contribution < 1.29 is 4.39 Å². The van der Waals surface area contributed by atoms with Crippen molar-refractivity contribution in [1.29, 1.82) is 0 Å². The lowest BCUT2D eigenvalue weighted by molar-refractivity contribution is 0.601. The van der Waals surface area contributed by atoms with Gasteiger partial charge in [-0.25, -0.2) is 9.82 Å². The number of halogens is 1. The molecular weight excluding hydrogens is 219 g/mol. The van der Waals surface area contributed by atoms with Crippen LogP contribution in [0.4, 0.5) is 4.39 Å². The van der Waals surface area contributed by atoms with Gasteiger partial charge in [-0.2, -0.15) is 10.2 Å². The smallest absolute Gasteiger partial charge is 0.123 e. The van der Waals surface area contributed by atoms with E-state index in [9.17, 15) is 4.39 Å². The van der Waals surface area contributed by atoms with Crippen LogP contribution in [0, 0.1) is 12.7 Å². The van der Waals surface area contributed by atoms with Gasteiger partial charge in [0.2, 0.25) is 0 Å². The van der Waals surface area contributed by atoms with E-state index in [1.54, 1.807) is 24.5 Å². The van der Waals surface area contributed by atoms with Gasteiger partial charge < -0.3 is 0 Å². The number of hydrogen-bond acceptors (Lipinski definition) is 4. The van der Waals surface area contributed by atoms with E-state index in [-0.39, 0.29) is 11.9 Å². The maximum Gasteiger partial charge on any atom is 0.123 e. The average Bonchev–Trinajstić information content (AvgIpc) is 2.36. The molecule has 4 nitrogen and oxygen atoms in total. The molecule has 0 aliphatic heterocycles. The lowest BCUT2D eigenvalue weighted by Gasteiger charge is -2.18. The fraction of sp³-hybridized carbons (Fsp3) is 0.167. The normalized spacial score (nSPS) is 12.4. The Morgan fingerprint density at radius 3 is 2.76 bits per heavy atom. The number of benzene rings is 1. The number of aromatic nitrogens is 2. The SMILES string of the molecule is Cc1ccc(F)cc1C(NN)c1ccnnc1. The molecule has 1 aromatic carbocycles. The lowest BCUT2D eigenvalue weighted by Crippen LogP contribution is -2.29. The van der Waals surface area contributed by atoms with Gasteiger partial charge >= 0.3 is 0 Å². The first-order valence-electron chi connectivity index (χ1n) is 5.21. The Morgan fingerprint density at radius 2 is 2.12 bits per heavy atom. The van der Waals surface area contributed by atoms with Crippen LogP contribution in [0.1, 0.15) is 22.7 Å². The molecule has 0 saturated carbocycles. The van der Waals surface area contributed by atoms with Crippen molar-refractivity contribution in [2.24, 2.45) is 5.84 Å². The number of rotatable bonds is 3. The van der Waals surface area contributed by atoms with Gasteiger partial charge in [0.05, 0.1) is 12.2 Å². The molecule has 0 bridgehead atoms. The van der Waals surface area contributed by atoms with Crippen LogP contribution in [0.5, 0.6) is 0 Å². The highest BCUT2D eigenvalue weighted by atomic mass is 19.1. The third kappa shape index (κ3) is 2.46. The van der Waals surface area contributed by atoms with Crippen molar-refractivity contribution in [3.63, 3.8) is 0 Å². The van der Waals surface area contributed by atoms with E-state index in [4.69, 9.17) is 5.84 Å². The summed E-state index contributed by atoms with van der Waals surface area (Å²) < 4.78 is 13.3. The van der Waals surface area contributed by atoms with Gasteiger partial charge in [-0.1, -0.05) is 6.07 Å². The summed E-state index contributed by atoms with van der Waals surface area (Å²) in [4.78, 5) is 0. The van der Waals surface area contributed by atoms with Crippen LogP contribution < -0.4 is 11.3 Å². The Hall–Kier alpha value is -1.85. The van der Waals surface area contributed by atoms with Crippen LogP contribution in [0.2, 0.25) is 0 Å². The van der Waals surface area contributed by atoms with Crippen LogP contribution in [-0.2, 0) is 0 Å². The molecule has 1 unspecified atom stereocenters. The molecule has 3 N–H and O–H groups in total. The van der Waals surface area contributed by atoms with Gasteiger partial charge in [-0.3, -0.25) is 5.84 Å². The van der Waals surface area contributed by atoms with Crippen molar-refractivity contribution in [3.8, 4) is 0 Å². The van der Waals surface area contributed by atoms with Crippen molar-refractivity contribution >= 4 is 0 Å². The molecule has 1 aromatic heterocycles. The minimum absolute atomic E-state index is 0.284. The zero-order valence-corrected chi connectivity index (χ0v) is 9.39. The third-order valence-corrected chi connectivity index (χ3v) is 2.66. The lowest BCUT2D eigenvalue weighted by atomic mass is 9.97. The summed E-state index contributed by atoms with van der Waals surface area (Å²) in [6, 6.07) is 6.13. The first kappa shape index (κ1) is 11.6. The zero-order chi connectivity index (χ0) is 12.3. The number of hydrazine groups is 1. The molecule has 5 heteroatoms. The third-order valence-electron chi connectivity index (χ3n) is 2.66. The molecule has 1 atom stereocenters. The standard InChI is InChI=1S/C12H13FN4/c1-8-2-3-10(13)6-11(8)12(17-14)9-4-5-15-16-7-9/h2-7,12,17H,14H2,1H3. The molecule has 0 fully saturated rings. The Kier molecular flexibility index (Phi) is 3.41. The molecule has 2 rings (SSSR count). The fourth-order valence-electron chi connectivity index (χ4n) is 1.76. The maximum atomic E-state index is 13.3. The molecule has 0 aliphatic carbocycles. The van der Waals surface area contributed by atoms with E-state index >= 15 is 0 Å². The van der Waals surface area contributed by atoms with Gasteiger partial charge in [0.25, 0.3) is 0 Å². The first-order chi connectivity index (χ1) is 8.22. The molecule has 0 amide bonds. The quantitative estimate of drug-likeness (QED) is 0.621. The maximum absolute atomic E-state index is 13.3. The van der Waals surface area contributed by atoms with Crippen molar-refractivity contribution in [3.05, 3.63) is 59.2 Å². The predicted molar refractivity (Wildman–Crippen MR) is 62.3 cm³/mol. The Labute approximate surface area is 98.7 Å². The van der Waals surface area contributed by atoms with Crippen molar-refractivity contribution in [2.45, 2.75) is 13.0 Å². The number of hydrogen-bond donors (Lipinski definition) is 2. The summed E-state index contributed by atoms with van der Waals surface area (Å²) in [5.41, 5.74) is 5.27. The van der Waals surface area contributed by atoms with Crippen LogP contribution in [0.3, 0.4) is 0 Å². The second-order valence-corrected chi connectivity index (χ2v) is 3.78. The molecule has 0 spiro atoms. The van der Waals surface area contributed by atoms with Gasteiger partial charge in [0.1, 0.15) is 5.82 Å². The highest BCUT2D eigenvalue weighted by Crippen LogP contribution is 2.24. The first-order valence-corrected chi connectivity index (χ1v) is 5.21. The number of aryl methyl sites for hydroxylation is 1. The number of nitrogens with zero attached hydrogens (tertiary/aromatic N) is 2. The molecule has 0 aliphatic rings. The van der Waals surface area contributed by atoms with E-state index in [0.29, 0.717) is 0 Å². The van der Waals surface area contributed by atoms with Gasteiger partial charge in [-0.05, 0) is 41.8 Å². The van der Waals surface area contributed by atoms with E-state index < -0.39 is 0 Å². The Morgan fingerprint density at radius 1 is 1.29 bits per heavy atom. The predicted octanol–water partition coefficient (Wildman–Crippen LogP) is 1.48. The Balaban J connectivity index is 2.46. The second kappa shape index (κ2) is 4.99. The van der Waals surface area contributed by atoms with Crippen LogP contribution in [0.25, 0.3) is 0 Å². The average molecular weight is 232 g/mol. The van der Waals surface area contributed by atoms with Gasteiger partial charge in [-0.15, -0.1) is 0 Å². The minimum atomic E-state index is -0.291. The summed E-state index contributed by atoms with van der Waals surface area (Å²) in [5.74, 6) is 5.25. The van der Waals surface area contributed by atoms with Crippen LogP contribution in [0.15, 0.2) is 36.7 Å². The monoisotopic (exact) mass is 232 g/mol. The summed E-state index contributed by atoms with van der Waals surface area (Å²) in [6.45, 7) is 1.91. The van der Waals surface area contributed by atoms with Gasteiger partial charge in [0, 0.05) is 6.20 Å². The molecule has 0 radical (unpaired) electrons.